The van der Waals surface area contributed by atoms with Gasteiger partial charge in [-0.1, -0.05) is 39.7 Å². The summed E-state index contributed by atoms with van der Waals surface area (Å²) in [5.74, 6) is 0.898. The lowest BCUT2D eigenvalue weighted by molar-refractivity contribution is 0.576. The normalized spacial score (nSPS) is 10.8. The molecule has 12 heavy (non-hydrogen) atoms. The molecular weight excluding hydrogens is 148 g/mol. The molecule has 0 aromatic carbocycles. The molecule has 2 nitrogen and oxygen atoms in total. The molecule has 0 saturated heterocycles. The number of rotatable bonds is 3. The molecule has 2 heteroatoms. The van der Waals surface area contributed by atoms with E-state index in [4.69, 9.17) is 0 Å². The summed E-state index contributed by atoms with van der Waals surface area (Å²) in [4.78, 5) is 0. The van der Waals surface area contributed by atoms with Crippen molar-refractivity contribution in [3.63, 3.8) is 0 Å². The van der Waals surface area contributed by atoms with Crippen LogP contribution in [0.2, 0.25) is 0 Å². The Morgan fingerprint density at radius 3 is 2.00 bits per heavy atom. The summed E-state index contributed by atoms with van der Waals surface area (Å²) in [6.07, 6.45) is 6.17. The van der Waals surface area contributed by atoms with Crippen molar-refractivity contribution in [1.82, 2.24) is 0 Å². The van der Waals surface area contributed by atoms with Crippen LogP contribution in [0, 0.1) is 5.92 Å². The van der Waals surface area contributed by atoms with E-state index in [-0.39, 0.29) is 0 Å². The third-order valence-corrected chi connectivity index (χ3v) is 1.20. The van der Waals surface area contributed by atoms with Crippen molar-refractivity contribution < 1.29 is 0 Å². The number of azo groups is 1. The maximum absolute atomic E-state index is 3.53. The maximum atomic E-state index is 3.53. The second kappa shape index (κ2) is 13.0. The molecule has 0 radical (unpaired) electrons. The Kier molecular flexibility index (Phi) is 15.0. The summed E-state index contributed by atoms with van der Waals surface area (Å²) >= 11 is 0. The molecule has 0 aromatic rings. The summed E-state index contributed by atoms with van der Waals surface area (Å²) in [5, 5.41) is 7.00. The number of hydrogen-bond donors (Lipinski definition) is 0. The third-order valence-electron chi connectivity index (χ3n) is 1.20. The van der Waals surface area contributed by atoms with Crippen LogP contribution < -0.4 is 0 Å². The fourth-order valence-electron chi connectivity index (χ4n) is 0.711. The van der Waals surface area contributed by atoms with E-state index in [1.165, 1.54) is 12.8 Å². The predicted molar refractivity (Wildman–Crippen MR) is 55.3 cm³/mol. The molecule has 0 heterocycles. The third kappa shape index (κ3) is 22.8. The van der Waals surface area contributed by atoms with E-state index < -0.39 is 0 Å². The minimum Gasteiger partial charge on any atom is -0.193 e. The Morgan fingerprint density at radius 2 is 1.92 bits per heavy atom. The van der Waals surface area contributed by atoms with E-state index in [1.54, 1.807) is 13.2 Å². The van der Waals surface area contributed by atoms with Crippen molar-refractivity contribution in [3.8, 4) is 0 Å². The Bertz CT molecular complexity index is 105. The zero-order valence-corrected chi connectivity index (χ0v) is 9.04. The van der Waals surface area contributed by atoms with Gasteiger partial charge in [0.1, 0.15) is 0 Å². The summed E-state index contributed by atoms with van der Waals surface area (Å²) in [5.41, 5.74) is 0. The molecule has 0 aliphatic rings. The van der Waals surface area contributed by atoms with Gasteiger partial charge in [0.15, 0.2) is 0 Å². The van der Waals surface area contributed by atoms with Crippen LogP contribution in [0.1, 0.15) is 40.5 Å². The number of nitrogens with zero attached hydrogens (tertiary/aromatic N) is 2. The summed E-state index contributed by atoms with van der Waals surface area (Å²) in [7, 11) is 1.64. The van der Waals surface area contributed by atoms with Crippen molar-refractivity contribution in [3.05, 3.63) is 12.3 Å². The lowest BCUT2D eigenvalue weighted by Crippen LogP contribution is -1.81. The average molecular weight is 170 g/mol. The van der Waals surface area contributed by atoms with Gasteiger partial charge < -0.3 is 0 Å². The zero-order valence-electron chi connectivity index (χ0n) is 9.04. The molecule has 0 atom stereocenters. The maximum Gasteiger partial charge on any atom is 0.0491 e. The molecule has 0 rings (SSSR count). The van der Waals surface area contributed by atoms with Crippen molar-refractivity contribution in [1.29, 1.82) is 0 Å². The van der Waals surface area contributed by atoms with Crippen LogP contribution >= 0.6 is 0 Å². The lowest BCUT2D eigenvalue weighted by atomic mass is 10.1. The Morgan fingerprint density at radius 1 is 1.33 bits per heavy atom. The Labute approximate surface area is 76.8 Å². The van der Waals surface area contributed by atoms with Gasteiger partial charge in [-0.15, -0.1) is 0 Å². The van der Waals surface area contributed by atoms with E-state index in [0.29, 0.717) is 0 Å². The standard InChI is InChI=1S/C6H14.C4H8N2/c1-4-5-6(2)3;1-3-4-6-5-2/h6H,4-5H2,1-3H3;3-4H,1-2H3/b;4-3-,6-5?. The van der Waals surface area contributed by atoms with Crippen LogP contribution in [0.4, 0.5) is 0 Å². The molecule has 0 bridgehead atoms. The summed E-state index contributed by atoms with van der Waals surface area (Å²) in [6.45, 7) is 8.63. The van der Waals surface area contributed by atoms with Gasteiger partial charge in [0.05, 0.1) is 0 Å². The second-order valence-electron chi connectivity index (χ2n) is 2.98. The van der Waals surface area contributed by atoms with Crippen molar-refractivity contribution in [2.24, 2.45) is 16.1 Å². The molecule has 72 valence electrons. The Balaban J connectivity index is 0. The highest BCUT2D eigenvalue weighted by molar-refractivity contribution is 4.70. The smallest absolute Gasteiger partial charge is 0.0491 e. The highest BCUT2D eigenvalue weighted by Crippen LogP contribution is 2.00. The van der Waals surface area contributed by atoms with Crippen LogP contribution in [-0.4, -0.2) is 7.05 Å². The van der Waals surface area contributed by atoms with Crippen LogP contribution in [-0.2, 0) is 0 Å². The quantitative estimate of drug-likeness (QED) is 0.571. The summed E-state index contributed by atoms with van der Waals surface area (Å²) in [6, 6.07) is 0. The largest absolute Gasteiger partial charge is 0.193 e. The topological polar surface area (TPSA) is 24.7 Å². The Hall–Kier alpha value is -0.660. The van der Waals surface area contributed by atoms with Gasteiger partial charge in [-0.3, -0.25) is 0 Å². The van der Waals surface area contributed by atoms with E-state index in [1.807, 2.05) is 13.0 Å². The van der Waals surface area contributed by atoms with Gasteiger partial charge in [0, 0.05) is 13.2 Å². The van der Waals surface area contributed by atoms with E-state index in [9.17, 15) is 0 Å². The van der Waals surface area contributed by atoms with Gasteiger partial charge in [-0.25, -0.2) is 0 Å². The minimum absolute atomic E-state index is 0.898. The molecule has 0 amide bonds. The van der Waals surface area contributed by atoms with E-state index in [0.717, 1.165) is 5.92 Å². The first-order chi connectivity index (χ1) is 5.68. The van der Waals surface area contributed by atoms with Crippen LogP contribution in [0.5, 0.6) is 0 Å². The molecule has 0 spiro atoms. The summed E-state index contributed by atoms with van der Waals surface area (Å²) < 4.78 is 0. The predicted octanol–water partition coefficient (Wildman–Crippen LogP) is 4.04. The minimum atomic E-state index is 0.898. The van der Waals surface area contributed by atoms with Gasteiger partial charge in [0.2, 0.25) is 0 Å². The van der Waals surface area contributed by atoms with Crippen molar-refractivity contribution >= 4 is 0 Å². The van der Waals surface area contributed by atoms with Gasteiger partial charge in [-0.05, 0) is 12.8 Å². The molecule has 0 unspecified atom stereocenters. The highest BCUT2D eigenvalue weighted by Gasteiger charge is 1.85. The van der Waals surface area contributed by atoms with Crippen molar-refractivity contribution in [2.45, 2.75) is 40.5 Å². The SMILES string of the molecule is C/C=C\N=NC.CCCC(C)C. The molecule has 0 aliphatic heterocycles. The molecule has 0 aliphatic carbocycles. The fourth-order valence-corrected chi connectivity index (χ4v) is 0.711. The van der Waals surface area contributed by atoms with Crippen LogP contribution in [0.25, 0.3) is 0 Å². The highest BCUT2D eigenvalue weighted by atomic mass is 15.1. The van der Waals surface area contributed by atoms with Crippen molar-refractivity contribution in [2.75, 3.05) is 7.05 Å². The van der Waals surface area contributed by atoms with Crippen LogP contribution in [0.3, 0.4) is 0 Å². The second-order valence-corrected chi connectivity index (χ2v) is 2.98. The van der Waals surface area contributed by atoms with Gasteiger partial charge in [-0.2, -0.15) is 10.2 Å². The van der Waals surface area contributed by atoms with E-state index in [2.05, 4.69) is 31.0 Å². The monoisotopic (exact) mass is 170 g/mol. The molecule has 0 saturated carbocycles. The first kappa shape index (κ1) is 13.9. The molecule has 0 aromatic heterocycles. The van der Waals surface area contributed by atoms with Gasteiger partial charge >= 0.3 is 0 Å². The first-order valence-electron chi connectivity index (χ1n) is 4.59. The molecular formula is C10H22N2. The fraction of sp³-hybridized carbons (Fsp3) is 0.800. The zero-order chi connectivity index (χ0) is 9.82. The molecule has 0 fully saturated rings. The first-order valence-corrected chi connectivity index (χ1v) is 4.59. The average Bonchev–Trinajstić information content (AvgIpc) is 2.02. The molecule has 0 N–H and O–H groups in total. The van der Waals surface area contributed by atoms with Crippen LogP contribution in [0.15, 0.2) is 22.5 Å². The number of allylic oxidation sites excluding steroid dienone is 1. The van der Waals surface area contributed by atoms with E-state index >= 15 is 0 Å². The number of hydrogen-bond acceptors (Lipinski definition) is 2. The lowest BCUT2D eigenvalue weighted by Gasteiger charge is -1.95. The van der Waals surface area contributed by atoms with Gasteiger partial charge in [0.25, 0.3) is 0 Å².